The van der Waals surface area contributed by atoms with Crippen LogP contribution in [0.4, 0.5) is 0 Å². The summed E-state index contributed by atoms with van der Waals surface area (Å²) < 4.78 is 0. The average molecular weight is 313 g/mol. The fraction of sp³-hybridized carbons (Fsp3) is 1.00. The molecule has 0 spiro atoms. The molecule has 0 fully saturated rings. The Morgan fingerprint density at radius 3 is 1.14 bits per heavy atom. The summed E-state index contributed by atoms with van der Waals surface area (Å²) in [7, 11) is 0. The molecule has 0 unspecified atom stereocenters. The first kappa shape index (κ1) is 21.9. The van der Waals surface area contributed by atoms with Crippen molar-refractivity contribution in [1.82, 2.24) is 10.9 Å². The van der Waals surface area contributed by atoms with Gasteiger partial charge in [-0.25, -0.2) is 0 Å². The molecule has 134 valence electrons. The third kappa shape index (κ3) is 19.9. The Labute approximate surface area is 141 Å². The van der Waals surface area contributed by atoms with Crippen LogP contribution in [0.2, 0.25) is 0 Å². The van der Waals surface area contributed by atoms with Gasteiger partial charge in [0.05, 0.1) is 0 Å². The van der Waals surface area contributed by atoms with E-state index in [1.54, 1.807) is 0 Å². The third-order valence-electron chi connectivity index (χ3n) is 4.46. The van der Waals surface area contributed by atoms with Gasteiger partial charge in [0.15, 0.2) is 0 Å². The minimum atomic E-state index is 1.01. The van der Waals surface area contributed by atoms with E-state index < -0.39 is 0 Å². The standard InChI is InChI=1S/C20H44N2/c1-3-5-6-7-8-9-10-11-12-13-14-15-16-17-18-19-20-22-21-4-2/h21-22H,3-20H2,1-2H3. The van der Waals surface area contributed by atoms with Crippen molar-refractivity contribution in [2.45, 2.75) is 117 Å². The molecular weight excluding hydrogens is 268 g/mol. The van der Waals surface area contributed by atoms with Crippen LogP contribution >= 0.6 is 0 Å². The molecule has 0 radical (unpaired) electrons. The fourth-order valence-electron chi connectivity index (χ4n) is 2.97. The van der Waals surface area contributed by atoms with Gasteiger partial charge in [-0.3, -0.25) is 10.9 Å². The summed E-state index contributed by atoms with van der Waals surface area (Å²) in [4.78, 5) is 0. The molecular formula is C20H44N2. The molecule has 0 saturated carbocycles. The molecule has 0 aliphatic rings. The fourth-order valence-corrected chi connectivity index (χ4v) is 2.97. The van der Waals surface area contributed by atoms with E-state index in [1.807, 2.05) is 0 Å². The quantitative estimate of drug-likeness (QED) is 0.214. The van der Waals surface area contributed by atoms with Gasteiger partial charge >= 0.3 is 0 Å². The SMILES string of the molecule is CCCCCCCCCCCCCCCCCCNNCC. The van der Waals surface area contributed by atoms with Crippen molar-refractivity contribution in [3.05, 3.63) is 0 Å². The Balaban J connectivity index is 2.91. The first-order chi connectivity index (χ1) is 10.9. The van der Waals surface area contributed by atoms with Gasteiger partial charge in [0.25, 0.3) is 0 Å². The lowest BCUT2D eigenvalue weighted by molar-refractivity contribution is 0.503. The first-order valence-corrected chi connectivity index (χ1v) is 10.4. The third-order valence-corrected chi connectivity index (χ3v) is 4.46. The summed E-state index contributed by atoms with van der Waals surface area (Å²) in [6.45, 7) is 6.55. The van der Waals surface area contributed by atoms with Crippen LogP contribution in [-0.2, 0) is 0 Å². The van der Waals surface area contributed by atoms with Gasteiger partial charge in [-0.15, -0.1) is 0 Å². The number of nitrogens with one attached hydrogen (secondary N) is 2. The number of unbranched alkanes of at least 4 members (excludes halogenated alkanes) is 15. The largest absolute Gasteiger partial charge is 0.258 e. The maximum atomic E-state index is 3.23. The Morgan fingerprint density at radius 2 is 0.773 bits per heavy atom. The van der Waals surface area contributed by atoms with E-state index in [0.717, 1.165) is 13.1 Å². The van der Waals surface area contributed by atoms with Crippen LogP contribution in [0, 0.1) is 0 Å². The molecule has 0 amide bonds. The average Bonchev–Trinajstić information content (AvgIpc) is 2.54. The van der Waals surface area contributed by atoms with E-state index in [4.69, 9.17) is 0 Å². The Kier molecular flexibility index (Phi) is 20.8. The van der Waals surface area contributed by atoms with Crippen LogP contribution in [0.1, 0.15) is 117 Å². The second-order valence-electron chi connectivity index (χ2n) is 6.76. The maximum Gasteiger partial charge on any atom is 0.00997 e. The van der Waals surface area contributed by atoms with Gasteiger partial charge in [0.2, 0.25) is 0 Å². The lowest BCUT2D eigenvalue weighted by atomic mass is 10.0. The maximum absolute atomic E-state index is 3.23. The van der Waals surface area contributed by atoms with E-state index in [1.165, 1.54) is 103 Å². The zero-order valence-electron chi connectivity index (χ0n) is 15.7. The van der Waals surface area contributed by atoms with Crippen LogP contribution in [0.25, 0.3) is 0 Å². The molecule has 0 rings (SSSR count). The summed E-state index contributed by atoms with van der Waals surface area (Å²) in [5.74, 6) is 0. The van der Waals surface area contributed by atoms with Crippen LogP contribution in [0.5, 0.6) is 0 Å². The Bertz CT molecular complexity index is 163. The topological polar surface area (TPSA) is 24.1 Å². The summed E-state index contributed by atoms with van der Waals surface area (Å²) in [6, 6.07) is 0. The molecule has 2 N–H and O–H groups in total. The van der Waals surface area contributed by atoms with E-state index in [9.17, 15) is 0 Å². The van der Waals surface area contributed by atoms with Crippen molar-refractivity contribution in [2.75, 3.05) is 13.1 Å². The molecule has 0 aliphatic carbocycles. The van der Waals surface area contributed by atoms with E-state index >= 15 is 0 Å². The molecule has 0 bridgehead atoms. The van der Waals surface area contributed by atoms with Crippen molar-refractivity contribution >= 4 is 0 Å². The lowest BCUT2D eigenvalue weighted by Crippen LogP contribution is -2.31. The number of hydrogen-bond acceptors (Lipinski definition) is 2. The minimum absolute atomic E-state index is 1.01. The van der Waals surface area contributed by atoms with E-state index in [0.29, 0.717) is 0 Å². The van der Waals surface area contributed by atoms with Gasteiger partial charge in [-0.2, -0.15) is 0 Å². The second kappa shape index (κ2) is 20.9. The van der Waals surface area contributed by atoms with Crippen molar-refractivity contribution in [1.29, 1.82) is 0 Å². The van der Waals surface area contributed by atoms with Gasteiger partial charge in [-0.1, -0.05) is 110 Å². The highest BCUT2D eigenvalue weighted by atomic mass is 15.3. The molecule has 0 aromatic heterocycles. The van der Waals surface area contributed by atoms with Crippen molar-refractivity contribution in [3.8, 4) is 0 Å². The van der Waals surface area contributed by atoms with Crippen LogP contribution in [-0.4, -0.2) is 13.1 Å². The zero-order chi connectivity index (χ0) is 16.1. The monoisotopic (exact) mass is 312 g/mol. The van der Waals surface area contributed by atoms with Gasteiger partial charge < -0.3 is 0 Å². The summed E-state index contributed by atoms with van der Waals surface area (Å²) in [5.41, 5.74) is 6.39. The van der Waals surface area contributed by atoms with Gasteiger partial charge in [0.1, 0.15) is 0 Å². The van der Waals surface area contributed by atoms with E-state index in [2.05, 4.69) is 24.7 Å². The Morgan fingerprint density at radius 1 is 0.409 bits per heavy atom. The van der Waals surface area contributed by atoms with Crippen LogP contribution in [0.3, 0.4) is 0 Å². The Hall–Kier alpha value is -0.0800. The predicted molar refractivity (Wildman–Crippen MR) is 101 cm³/mol. The highest BCUT2D eigenvalue weighted by Crippen LogP contribution is 2.13. The number of hydrogen-bond donors (Lipinski definition) is 2. The molecule has 2 nitrogen and oxygen atoms in total. The summed E-state index contributed by atoms with van der Waals surface area (Å²) in [5, 5.41) is 0. The first-order valence-electron chi connectivity index (χ1n) is 10.4. The highest BCUT2D eigenvalue weighted by molar-refractivity contribution is 4.50. The summed E-state index contributed by atoms with van der Waals surface area (Å²) >= 11 is 0. The molecule has 22 heavy (non-hydrogen) atoms. The molecule has 2 heteroatoms. The lowest BCUT2D eigenvalue weighted by Gasteiger charge is -2.05. The number of rotatable bonds is 19. The normalized spacial score (nSPS) is 11.2. The zero-order valence-corrected chi connectivity index (χ0v) is 15.7. The van der Waals surface area contributed by atoms with Gasteiger partial charge in [-0.05, 0) is 6.42 Å². The molecule has 0 aliphatic heterocycles. The van der Waals surface area contributed by atoms with Crippen molar-refractivity contribution < 1.29 is 0 Å². The predicted octanol–water partition coefficient (Wildman–Crippen LogP) is 6.36. The molecule has 0 saturated heterocycles. The van der Waals surface area contributed by atoms with Crippen molar-refractivity contribution in [3.63, 3.8) is 0 Å². The molecule has 0 aromatic carbocycles. The second-order valence-corrected chi connectivity index (χ2v) is 6.76. The van der Waals surface area contributed by atoms with Crippen LogP contribution in [0.15, 0.2) is 0 Å². The molecule has 0 heterocycles. The minimum Gasteiger partial charge on any atom is -0.258 e. The van der Waals surface area contributed by atoms with Gasteiger partial charge in [0, 0.05) is 13.1 Å². The molecule has 0 atom stereocenters. The highest BCUT2D eigenvalue weighted by Gasteiger charge is 1.94. The molecule has 0 aromatic rings. The van der Waals surface area contributed by atoms with Crippen molar-refractivity contribution in [2.24, 2.45) is 0 Å². The smallest absolute Gasteiger partial charge is 0.00997 e. The van der Waals surface area contributed by atoms with E-state index in [-0.39, 0.29) is 0 Å². The van der Waals surface area contributed by atoms with Crippen LogP contribution < -0.4 is 10.9 Å². The summed E-state index contributed by atoms with van der Waals surface area (Å²) in [6.07, 6.45) is 23.1. The number of hydrazine groups is 1.